The number of hydrogen-bond donors (Lipinski definition) is 2. The zero-order chi connectivity index (χ0) is 22.0. The van der Waals surface area contributed by atoms with E-state index in [1.54, 1.807) is 26.0 Å². The van der Waals surface area contributed by atoms with Crippen molar-refractivity contribution in [2.24, 2.45) is 0 Å². The monoisotopic (exact) mass is 412 g/mol. The molecule has 0 saturated heterocycles. The van der Waals surface area contributed by atoms with Gasteiger partial charge in [-0.3, -0.25) is 19.2 Å². The number of esters is 2. The van der Waals surface area contributed by atoms with Crippen LogP contribution in [0.2, 0.25) is 0 Å². The van der Waals surface area contributed by atoms with Gasteiger partial charge in [0.05, 0.1) is 11.1 Å². The molecular weight excluding hydrogens is 392 g/mol. The van der Waals surface area contributed by atoms with E-state index in [2.05, 4.69) is 0 Å². The molecule has 3 rings (SSSR count). The molecule has 2 aromatic carbocycles. The van der Waals surface area contributed by atoms with Crippen LogP contribution in [0.5, 0.6) is 23.0 Å². The number of ether oxygens (including phenoxy) is 2. The number of ketones is 2. The fourth-order valence-corrected chi connectivity index (χ4v) is 3.20. The zero-order valence-corrected chi connectivity index (χ0v) is 16.5. The molecule has 0 spiro atoms. The molecule has 2 N–H and O–H groups in total. The van der Waals surface area contributed by atoms with E-state index in [0.717, 1.165) is 0 Å². The second-order valence-corrected chi connectivity index (χ2v) is 6.76. The first-order valence-electron chi connectivity index (χ1n) is 9.53. The van der Waals surface area contributed by atoms with Crippen molar-refractivity contribution in [2.75, 3.05) is 0 Å². The molecule has 0 heterocycles. The van der Waals surface area contributed by atoms with Gasteiger partial charge in [0.15, 0.2) is 23.1 Å². The molecule has 0 saturated carbocycles. The number of rotatable bonds is 6. The minimum atomic E-state index is -0.848. The summed E-state index contributed by atoms with van der Waals surface area (Å²) >= 11 is 0. The maximum atomic E-state index is 13.0. The van der Waals surface area contributed by atoms with Crippen LogP contribution in [0.25, 0.3) is 0 Å². The van der Waals surface area contributed by atoms with Crippen molar-refractivity contribution in [2.45, 2.75) is 39.5 Å². The standard InChI is InChI=1S/C22H20O8/c1-3-7-13(23)29-21-19(27)15-16(20(28)22(21)30-14(24)8-4-2)18(26)12-10-6-5-9-11(12)17(15)25/h5-6,9-10,27-28H,3-4,7-8H2,1-2H3. The van der Waals surface area contributed by atoms with Gasteiger partial charge in [0.2, 0.25) is 11.5 Å². The van der Waals surface area contributed by atoms with Crippen LogP contribution in [0, 0.1) is 0 Å². The highest BCUT2D eigenvalue weighted by molar-refractivity contribution is 6.31. The molecule has 0 aromatic heterocycles. The number of fused-ring (bicyclic) bond motifs is 2. The van der Waals surface area contributed by atoms with Gasteiger partial charge >= 0.3 is 11.9 Å². The summed E-state index contributed by atoms with van der Waals surface area (Å²) in [7, 11) is 0. The Balaban J connectivity index is 2.26. The number of benzene rings is 2. The molecule has 0 atom stereocenters. The van der Waals surface area contributed by atoms with E-state index >= 15 is 0 Å². The van der Waals surface area contributed by atoms with Crippen LogP contribution in [0.4, 0.5) is 0 Å². The smallest absolute Gasteiger partial charge is 0.311 e. The van der Waals surface area contributed by atoms with Crippen molar-refractivity contribution in [3.63, 3.8) is 0 Å². The average molecular weight is 412 g/mol. The highest BCUT2D eigenvalue weighted by Gasteiger charge is 2.39. The summed E-state index contributed by atoms with van der Waals surface area (Å²) in [5.41, 5.74) is -0.950. The van der Waals surface area contributed by atoms with E-state index in [1.807, 2.05) is 0 Å². The fraction of sp³-hybridized carbons (Fsp3) is 0.273. The first kappa shape index (κ1) is 21.0. The summed E-state index contributed by atoms with van der Waals surface area (Å²) in [4.78, 5) is 50.0. The molecular formula is C22H20O8. The van der Waals surface area contributed by atoms with Crippen molar-refractivity contribution in [3.8, 4) is 23.0 Å². The third kappa shape index (κ3) is 3.52. The summed E-state index contributed by atoms with van der Waals surface area (Å²) in [5, 5.41) is 21.5. The summed E-state index contributed by atoms with van der Waals surface area (Å²) in [6.07, 6.45) is 0.837. The summed E-state index contributed by atoms with van der Waals surface area (Å²) in [6.45, 7) is 3.46. The number of phenols is 2. The molecule has 2 aromatic rings. The largest absolute Gasteiger partial charge is 0.504 e. The molecule has 0 bridgehead atoms. The Labute approximate surface area is 172 Å². The lowest BCUT2D eigenvalue weighted by atomic mass is 9.82. The maximum Gasteiger partial charge on any atom is 0.311 e. The molecule has 1 aliphatic carbocycles. The molecule has 156 valence electrons. The molecule has 0 unspecified atom stereocenters. The van der Waals surface area contributed by atoms with Crippen LogP contribution in [0.15, 0.2) is 24.3 Å². The number of aromatic hydroxyl groups is 2. The number of phenolic OH excluding ortho intramolecular Hbond substituents is 2. The highest BCUT2D eigenvalue weighted by atomic mass is 16.6. The summed E-state index contributed by atoms with van der Waals surface area (Å²) in [6, 6.07) is 5.92. The second-order valence-electron chi connectivity index (χ2n) is 6.76. The van der Waals surface area contributed by atoms with Crippen LogP contribution in [-0.2, 0) is 9.59 Å². The van der Waals surface area contributed by atoms with E-state index in [1.165, 1.54) is 12.1 Å². The average Bonchev–Trinajstić information content (AvgIpc) is 2.71. The minimum Gasteiger partial charge on any atom is -0.504 e. The van der Waals surface area contributed by atoms with Gasteiger partial charge in [-0.15, -0.1) is 0 Å². The molecule has 1 aliphatic rings. The van der Waals surface area contributed by atoms with Crippen molar-refractivity contribution in [1.82, 2.24) is 0 Å². The lowest BCUT2D eigenvalue weighted by molar-refractivity contribution is -0.137. The SMILES string of the molecule is CCCC(=O)Oc1c(O)c2c(c(O)c1OC(=O)CCC)C(=O)c1ccccc1C2=O. The van der Waals surface area contributed by atoms with Crippen LogP contribution in [0.3, 0.4) is 0 Å². The predicted molar refractivity (Wildman–Crippen MR) is 104 cm³/mol. The van der Waals surface area contributed by atoms with Crippen molar-refractivity contribution < 1.29 is 38.9 Å². The Kier molecular flexibility index (Phi) is 5.86. The van der Waals surface area contributed by atoms with E-state index < -0.39 is 57.6 Å². The van der Waals surface area contributed by atoms with Crippen LogP contribution >= 0.6 is 0 Å². The molecule has 0 fully saturated rings. The van der Waals surface area contributed by atoms with E-state index in [-0.39, 0.29) is 24.0 Å². The van der Waals surface area contributed by atoms with Gasteiger partial charge in [0.25, 0.3) is 0 Å². The Morgan fingerprint density at radius 1 is 0.767 bits per heavy atom. The fourth-order valence-electron chi connectivity index (χ4n) is 3.20. The number of carbonyl (C=O) groups excluding carboxylic acids is 4. The molecule has 8 heteroatoms. The van der Waals surface area contributed by atoms with Gasteiger partial charge < -0.3 is 19.7 Å². The predicted octanol–water partition coefficient (Wildman–Crippen LogP) is 3.28. The molecule has 0 amide bonds. The third-order valence-electron chi connectivity index (χ3n) is 4.57. The Morgan fingerprint density at radius 3 is 1.47 bits per heavy atom. The van der Waals surface area contributed by atoms with Gasteiger partial charge in [-0.25, -0.2) is 0 Å². The van der Waals surface area contributed by atoms with E-state index in [0.29, 0.717) is 12.8 Å². The summed E-state index contributed by atoms with van der Waals surface area (Å²) in [5.74, 6) is -6.03. The Morgan fingerprint density at radius 2 is 1.13 bits per heavy atom. The third-order valence-corrected chi connectivity index (χ3v) is 4.57. The highest BCUT2D eigenvalue weighted by Crippen LogP contribution is 2.51. The lowest BCUT2D eigenvalue weighted by Crippen LogP contribution is -2.22. The summed E-state index contributed by atoms with van der Waals surface area (Å²) < 4.78 is 10.2. The van der Waals surface area contributed by atoms with Gasteiger partial charge in [-0.1, -0.05) is 38.1 Å². The van der Waals surface area contributed by atoms with Crippen LogP contribution < -0.4 is 9.47 Å². The molecule has 0 aliphatic heterocycles. The maximum absolute atomic E-state index is 13.0. The molecule has 30 heavy (non-hydrogen) atoms. The molecule has 8 nitrogen and oxygen atoms in total. The van der Waals surface area contributed by atoms with E-state index in [9.17, 15) is 29.4 Å². The number of carbonyl (C=O) groups is 4. The van der Waals surface area contributed by atoms with Gasteiger partial charge in [0, 0.05) is 24.0 Å². The second kappa shape index (κ2) is 8.36. The van der Waals surface area contributed by atoms with Crippen LogP contribution in [0.1, 0.15) is 71.4 Å². The number of hydrogen-bond acceptors (Lipinski definition) is 8. The Bertz CT molecular complexity index is 983. The first-order valence-corrected chi connectivity index (χ1v) is 9.53. The van der Waals surface area contributed by atoms with Crippen molar-refractivity contribution in [3.05, 3.63) is 46.5 Å². The zero-order valence-electron chi connectivity index (χ0n) is 16.5. The lowest BCUT2D eigenvalue weighted by Gasteiger charge is -2.23. The van der Waals surface area contributed by atoms with E-state index in [4.69, 9.17) is 9.47 Å². The topological polar surface area (TPSA) is 127 Å². The van der Waals surface area contributed by atoms with Gasteiger partial charge in [-0.2, -0.15) is 0 Å². The van der Waals surface area contributed by atoms with Crippen molar-refractivity contribution >= 4 is 23.5 Å². The van der Waals surface area contributed by atoms with Crippen molar-refractivity contribution in [1.29, 1.82) is 0 Å². The van der Waals surface area contributed by atoms with Gasteiger partial charge in [-0.05, 0) is 12.8 Å². The normalized spacial score (nSPS) is 12.2. The quantitative estimate of drug-likeness (QED) is 0.359. The van der Waals surface area contributed by atoms with Crippen LogP contribution in [-0.4, -0.2) is 33.7 Å². The minimum absolute atomic E-state index is 0.0185. The van der Waals surface area contributed by atoms with Gasteiger partial charge in [0.1, 0.15) is 0 Å². The first-order chi connectivity index (χ1) is 14.3. The molecule has 0 radical (unpaired) electrons. The Hall–Kier alpha value is -3.68.